The van der Waals surface area contributed by atoms with Crippen molar-refractivity contribution in [2.24, 2.45) is 23.7 Å². The predicted octanol–water partition coefficient (Wildman–Crippen LogP) is 4.07. The number of amides is 1. The van der Waals surface area contributed by atoms with Crippen LogP contribution in [0.15, 0.2) is 47.5 Å². The molecule has 1 amide bonds. The van der Waals surface area contributed by atoms with Gasteiger partial charge < -0.3 is 49.2 Å². The molecule has 58 heavy (non-hydrogen) atoms. The van der Waals surface area contributed by atoms with Gasteiger partial charge in [-0.1, -0.05) is 45.9 Å². The molecule has 0 saturated carbocycles. The lowest BCUT2D eigenvalue weighted by atomic mass is 9.78. The lowest BCUT2D eigenvalue weighted by molar-refractivity contribution is -0.160. The van der Waals surface area contributed by atoms with E-state index in [2.05, 4.69) is 5.32 Å². The fourth-order valence-electron chi connectivity index (χ4n) is 8.34. The van der Waals surface area contributed by atoms with Crippen molar-refractivity contribution in [3.8, 4) is 11.5 Å². The van der Waals surface area contributed by atoms with Crippen molar-refractivity contribution in [3.05, 3.63) is 69.8 Å². The van der Waals surface area contributed by atoms with Gasteiger partial charge in [0.15, 0.2) is 0 Å². The summed E-state index contributed by atoms with van der Waals surface area (Å²) in [6, 6.07) is 0. The Hall–Kier alpha value is -4.83. The van der Waals surface area contributed by atoms with E-state index >= 15 is 0 Å². The van der Waals surface area contributed by atoms with E-state index < -0.39 is 94.4 Å². The van der Waals surface area contributed by atoms with Gasteiger partial charge in [0, 0.05) is 68.9 Å². The maximum absolute atomic E-state index is 14.9. The number of aliphatic hydroxyl groups excluding tert-OH is 2. The molecular formula is C43H56N2O13. The number of ether oxygens (including phenoxy) is 5. The van der Waals surface area contributed by atoms with Gasteiger partial charge in [-0.3, -0.25) is 24.0 Å². The van der Waals surface area contributed by atoms with Crippen LogP contribution < -0.4 is 10.1 Å². The van der Waals surface area contributed by atoms with E-state index in [0.717, 1.165) is 0 Å². The number of ketones is 3. The molecule has 1 fully saturated rings. The largest absolute Gasteiger partial charge is 0.507 e. The number of Topliss-reactive ketones (excluding diaryl/α,β-unsaturated/α-hetero) is 3. The van der Waals surface area contributed by atoms with Crippen molar-refractivity contribution in [1.82, 2.24) is 10.2 Å². The number of morpholine rings is 1. The number of hydrogen-bond acceptors (Lipinski definition) is 14. The number of methoxy groups -OCH3 is 1. The van der Waals surface area contributed by atoms with Gasteiger partial charge in [0.05, 0.1) is 53.5 Å². The number of aliphatic hydroxyl groups is 2. The Kier molecular flexibility index (Phi) is 13.1. The molecule has 15 nitrogen and oxygen atoms in total. The van der Waals surface area contributed by atoms with Crippen molar-refractivity contribution in [2.45, 2.75) is 112 Å². The Balaban J connectivity index is 1.69. The average molecular weight is 809 g/mol. The van der Waals surface area contributed by atoms with Crippen molar-refractivity contribution < 1.29 is 63.0 Å². The Bertz CT molecular complexity index is 1970. The summed E-state index contributed by atoms with van der Waals surface area (Å²) >= 11 is 0. The number of benzene rings is 1. The van der Waals surface area contributed by atoms with Crippen LogP contribution in [0.25, 0.3) is 0 Å². The molecule has 1 aromatic rings. The van der Waals surface area contributed by atoms with Crippen molar-refractivity contribution in [3.63, 3.8) is 0 Å². The lowest BCUT2D eigenvalue weighted by Crippen LogP contribution is -2.49. The first kappa shape index (κ1) is 44.3. The Morgan fingerprint density at radius 1 is 0.897 bits per heavy atom. The molecule has 5 bridgehead atoms. The monoisotopic (exact) mass is 808 g/mol. The van der Waals surface area contributed by atoms with Crippen LogP contribution in [0.5, 0.6) is 11.5 Å². The Labute approximate surface area is 338 Å². The van der Waals surface area contributed by atoms with E-state index in [1.165, 1.54) is 53.2 Å². The molecule has 4 heterocycles. The molecule has 0 spiro atoms. The van der Waals surface area contributed by atoms with E-state index in [0.29, 0.717) is 0 Å². The predicted molar refractivity (Wildman–Crippen MR) is 210 cm³/mol. The molecular weight excluding hydrogens is 752 g/mol. The van der Waals surface area contributed by atoms with E-state index in [9.17, 15) is 39.3 Å². The number of fused-ring (bicyclic) bond motifs is 14. The lowest BCUT2D eigenvalue weighted by Gasteiger charge is -2.39. The van der Waals surface area contributed by atoms with Crippen LogP contribution in [0, 0.1) is 30.6 Å². The molecule has 1 saturated heterocycles. The maximum Gasteiger partial charge on any atom is 0.312 e. The molecule has 316 valence electrons. The zero-order chi connectivity index (χ0) is 43.1. The van der Waals surface area contributed by atoms with Crippen LogP contribution in [0.4, 0.5) is 0 Å². The van der Waals surface area contributed by atoms with E-state index in [1.54, 1.807) is 58.6 Å². The summed E-state index contributed by atoms with van der Waals surface area (Å²) in [4.78, 5) is 71.6. The normalized spacial score (nSPS) is 33.7. The van der Waals surface area contributed by atoms with Gasteiger partial charge in [-0.2, -0.15) is 0 Å². The van der Waals surface area contributed by atoms with Crippen LogP contribution in [0.2, 0.25) is 0 Å². The molecule has 4 N–H and O–H groups in total. The number of nitrogens with one attached hydrogen (secondary N) is 1. The van der Waals surface area contributed by atoms with Gasteiger partial charge >= 0.3 is 11.8 Å². The number of esters is 1. The summed E-state index contributed by atoms with van der Waals surface area (Å²) in [6.07, 6.45) is 2.69. The van der Waals surface area contributed by atoms with Crippen LogP contribution in [0.1, 0.15) is 99.0 Å². The first-order chi connectivity index (χ1) is 27.1. The Morgan fingerprint density at radius 2 is 1.53 bits per heavy atom. The van der Waals surface area contributed by atoms with Crippen molar-refractivity contribution in [1.29, 1.82) is 0 Å². The van der Waals surface area contributed by atoms with Crippen LogP contribution in [-0.4, -0.2) is 112 Å². The number of nitrogens with zero attached hydrogens (tertiary/aromatic N) is 1. The second-order valence-corrected chi connectivity index (χ2v) is 16.2. The SMILES string of the molecule is COC1C=COC2(C)Oc3c(C)c(O)c4c(c3C2=O)C(=O)C(N2CC(C)OC(C)C2)=C(NC(=O)C(C)=CC=CC(C)C(O)C(C)C(O)C(C)C(OC(C)=O)C1C)C4=O. The number of allylic oxidation sites excluding steroid dienone is 4. The van der Waals surface area contributed by atoms with Gasteiger partial charge in [-0.05, 0) is 33.8 Å². The summed E-state index contributed by atoms with van der Waals surface area (Å²) in [5.41, 5.74) is -1.50. The highest BCUT2D eigenvalue weighted by molar-refractivity contribution is 6.32. The van der Waals surface area contributed by atoms with E-state index in [4.69, 9.17) is 23.7 Å². The highest BCUT2D eigenvalue weighted by Crippen LogP contribution is 2.49. The molecule has 4 aliphatic heterocycles. The number of carbonyl (C=O) groups is 5. The second kappa shape index (κ2) is 17.2. The maximum atomic E-state index is 14.9. The third-order valence-electron chi connectivity index (χ3n) is 11.7. The third-order valence-corrected chi connectivity index (χ3v) is 11.7. The van der Waals surface area contributed by atoms with Gasteiger partial charge in [-0.25, -0.2) is 0 Å². The summed E-state index contributed by atoms with van der Waals surface area (Å²) in [5.74, 6) is -9.14. The summed E-state index contributed by atoms with van der Waals surface area (Å²) < 4.78 is 29.4. The minimum atomic E-state index is -2.08. The number of carbonyl (C=O) groups excluding carboxylic acids is 5. The fraction of sp³-hybridized carbons (Fsp3) is 0.558. The molecule has 5 aliphatic rings. The van der Waals surface area contributed by atoms with Crippen molar-refractivity contribution in [2.75, 3.05) is 20.2 Å². The smallest absolute Gasteiger partial charge is 0.312 e. The molecule has 11 unspecified atom stereocenters. The highest BCUT2D eigenvalue weighted by Gasteiger charge is 2.53. The summed E-state index contributed by atoms with van der Waals surface area (Å²) in [7, 11) is 1.43. The van der Waals surface area contributed by atoms with Gasteiger partial charge in [0.2, 0.25) is 11.6 Å². The van der Waals surface area contributed by atoms with Gasteiger partial charge in [0.25, 0.3) is 11.7 Å². The molecule has 6 rings (SSSR count). The first-order valence-electron chi connectivity index (χ1n) is 19.6. The number of aromatic hydroxyl groups is 1. The van der Waals surface area contributed by atoms with E-state index in [1.807, 2.05) is 0 Å². The molecule has 1 aromatic carbocycles. The second-order valence-electron chi connectivity index (χ2n) is 16.2. The van der Waals surface area contributed by atoms with Crippen LogP contribution >= 0.6 is 0 Å². The van der Waals surface area contributed by atoms with Crippen LogP contribution in [-0.2, 0) is 28.5 Å². The summed E-state index contributed by atoms with van der Waals surface area (Å²) in [6.45, 7) is 16.4. The minimum absolute atomic E-state index is 0.000252. The number of hydrogen-bond donors (Lipinski definition) is 4. The third kappa shape index (κ3) is 8.22. The quantitative estimate of drug-likeness (QED) is 0.318. The first-order valence-corrected chi connectivity index (χ1v) is 19.6. The zero-order valence-electron chi connectivity index (χ0n) is 34.9. The number of rotatable bonds is 3. The molecule has 1 aliphatic carbocycles. The fourth-order valence-corrected chi connectivity index (χ4v) is 8.34. The zero-order valence-corrected chi connectivity index (χ0v) is 34.9. The number of phenolic OH excluding ortho intramolecular Hbond substituents is 1. The Morgan fingerprint density at radius 3 is 2.14 bits per heavy atom. The average Bonchev–Trinajstić information content (AvgIpc) is 3.42. The van der Waals surface area contributed by atoms with Crippen molar-refractivity contribution >= 4 is 29.2 Å². The summed E-state index contributed by atoms with van der Waals surface area (Å²) in [5, 5.41) is 37.0. The minimum Gasteiger partial charge on any atom is -0.507 e. The van der Waals surface area contributed by atoms with Crippen LogP contribution in [0.3, 0.4) is 0 Å². The molecule has 15 heteroatoms. The molecule has 0 aromatic heterocycles. The van der Waals surface area contributed by atoms with Gasteiger partial charge in [0.1, 0.15) is 29.0 Å². The molecule has 11 atom stereocenters. The van der Waals surface area contributed by atoms with E-state index in [-0.39, 0.29) is 64.7 Å². The highest BCUT2D eigenvalue weighted by atomic mass is 16.7. The van der Waals surface area contributed by atoms with Gasteiger partial charge in [-0.15, -0.1) is 0 Å². The topological polar surface area (TPSA) is 207 Å². The standard InChI is InChI=1S/C43H56N2O13/c1-19-13-12-14-20(2)42(53)44-32-33(45-17-21(3)56-22(4)18-45)38(51)29-30(37(32)50)36(49)26(8)40-31(29)41(52)43(10,58-40)55-16-15-28(54-11)23(5)39(57-27(9)46)25(7)35(48)24(6)34(19)47/h12-16,19,21-25,28,34-35,39,47-49H,17-18H2,1-11H3,(H,44,53). The number of phenols is 1. The molecule has 0 radical (unpaired) electrons.